The van der Waals surface area contributed by atoms with Crippen LogP contribution in [0.25, 0.3) is 22.5 Å². The van der Waals surface area contributed by atoms with Gasteiger partial charge in [0.1, 0.15) is 11.6 Å². The predicted molar refractivity (Wildman–Crippen MR) is 147 cm³/mol. The van der Waals surface area contributed by atoms with Crippen LogP contribution in [0.4, 0.5) is 30.7 Å². The molecule has 0 amide bonds. The lowest BCUT2D eigenvalue weighted by Crippen LogP contribution is -2.53. The number of hydrogen-bond acceptors (Lipinski definition) is 8. The molecular weight excluding hydrogens is 651 g/mol. The highest BCUT2D eigenvalue weighted by Gasteiger charge is 2.45. The average Bonchev–Trinajstić information content (AvgIpc) is 3.74. The number of rotatable bonds is 6. The first-order valence-electron chi connectivity index (χ1n) is 13.0. The molecule has 1 unspecified atom stereocenters. The van der Waals surface area contributed by atoms with E-state index in [-0.39, 0.29) is 40.2 Å². The molecule has 2 aromatic heterocycles. The molecule has 0 spiro atoms. The Morgan fingerprint density at radius 3 is 2.09 bits per heavy atom. The number of aromatic nitrogens is 4. The summed E-state index contributed by atoms with van der Waals surface area (Å²) >= 11 is 0. The van der Waals surface area contributed by atoms with E-state index in [4.69, 9.17) is 14.2 Å². The summed E-state index contributed by atoms with van der Waals surface area (Å²) in [5.74, 6) is -3.03. The Morgan fingerprint density at radius 1 is 0.891 bits per heavy atom. The summed E-state index contributed by atoms with van der Waals surface area (Å²) in [6.07, 6.45) is -6.50. The Hall–Kier alpha value is -5.00. The van der Waals surface area contributed by atoms with Crippen LogP contribution in [0, 0.1) is 5.82 Å². The zero-order chi connectivity index (χ0) is 33.2. The molecule has 6 rings (SSSR count). The Labute approximate surface area is 255 Å². The standard InChI is InChI=1S/C28H20F7N5O5S/c1-43-16-4-5-18(19(29)10-16)21-12-25(28(33,34)35)38-40(21)26(8-7-17(13-36-26)46(2,41)42)39-20(11-24(37-39)27(30,31)32)15-3-6-22-23(9-15)45-14-44-22/h3-13,36H,14H2,1-2H3. The highest BCUT2D eigenvalue weighted by atomic mass is 32.2. The predicted octanol–water partition coefficient (Wildman–Crippen LogP) is 5.53. The van der Waals surface area contributed by atoms with Gasteiger partial charge in [-0.1, -0.05) is 0 Å². The van der Waals surface area contributed by atoms with Crippen molar-refractivity contribution in [1.82, 2.24) is 24.9 Å². The van der Waals surface area contributed by atoms with Crippen molar-refractivity contribution in [3.8, 4) is 39.8 Å². The summed E-state index contributed by atoms with van der Waals surface area (Å²) < 4.78 is 142. The summed E-state index contributed by atoms with van der Waals surface area (Å²) in [6.45, 7) is -0.163. The van der Waals surface area contributed by atoms with Crippen LogP contribution < -0.4 is 19.5 Å². The molecule has 10 nitrogen and oxygen atoms in total. The van der Waals surface area contributed by atoms with Crippen LogP contribution in [0.2, 0.25) is 0 Å². The fourth-order valence-corrected chi connectivity index (χ4v) is 5.49. The second-order valence-corrected chi connectivity index (χ2v) is 12.1. The Kier molecular flexibility index (Phi) is 7.10. The van der Waals surface area contributed by atoms with Gasteiger partial charge in [0.2, 0.25) is 12.6 Å². The Morgan fingerprint density at radius 2 is 1.52 bits per heavy atom. The number of halogens is 7. The smallest absolute Gasteiger partial charge is 0.435 e. The van der Waals surface area contributed by atoms with Crippen molar-refractivity contribution in [2.24, 2.45) is 0 Å². The minimum Gasteiger partial charge on any atom is -0.497 e. The Bertz CT molecular complexity index is 2030. The van der Waals surface area contributed by atoms with E-state index in [1.165, 1.54) is 31.4 Å². The molecule has 1 N–H and O–H groups in total. The minimum absolute atomic E-state index is 0.0291. The first-order valence-corrected chi connectivity index (χ1v) is 14.9. The largest absolute Gasteiger partial charge is 0.497 e. The van der Waals surface area contributed by atoms with Crippen LogP contribution >= 0.6 is 0 Å². The van der Waals surface area contributed by atoms with Gasteiger partial charge in [0.15, 0.2) is 32.7 Å². The van der Waals surface area contributed by atoms with Gasteiger partial charge < -0.3 is 19.5 Å². The molecule has 46 heavy (non-hydrogen) atoms. The number of alkyl halides is 6. The van der Waals surface area contributed by atoms with Gasteiger partial charge in [-0.3, -0.25) is 0 Å². The molecule has 18 heteroatoms. The average molecular weight is 672 g/mol. The van der Waals surface area contributed by atoms with Crippen LogP contribution in [-0.4, -0.2) is 48.1 Å². The van der Waals surface area contributed by atoms with Crippen LogP contribution in [0.3, 0.4) is 0 Å². The van der Waals surface area contributed by atoms with Gasteiger partial charge in [0, 0.05) is 29.6 Å². The molecular formula is C28H20F7N5O5S. The zero-order valence-corrected chi connectivity index (χ0v) is 24.3. The monoisotopic (exact) mass is 671 g/mol. The van der Waals surface area contributed by atoms with Gasteiger partial charge in [0.05, 0.1) is 23.4 Å². The van der Waals surface area contributed by atoms with Gasteiger partial charge in [-0.05, 0) is 54.6 Å². The van der Waals surface area contributed by atoms with Crippen molar-refractivity contribution in [1.29, 1.82) is 0 Å². The van der Waals surface area contributed by atoms with E-state index >= 15 is 4.39 Å². The number of dihydropyridines is 1. The second-order valence-electron chi connectivity index (χ2n) is 10.1. The number of hydrogen-bond donors (Lipinski definition) is 1. The number of ether oxygens (including phenoxy) is 3. The van der Waals surface area contributed by atoms with Crippen molar-refractivity contribution in [2.45, 2.75) is 18.1 Å². The number of benzene rings is 2. The number of allylic oxidation sites excluding steroid dienone is 1. The first-order chi connectivity index (χ1) is 21.5. The number of fused-ring (bicyclic) bond motifs is 1. The highest BCUT2D eigenvalue weighted by molar-refractivity contribution is 7.94. The van der Waals surface area contributed by atoms with E-state index in [0.29, 0.717) is 21.5 Å². The SMILES string of the molecule is COc1ccc(-c2cc(C(F)(F)F)nn2C2(n3nc(C(F)(F)F)cc3-c3ccc4c(c3)OCO4)C=CC(S(C)(=O)=O)=CN2)c(F)c1. The molecule has 2 aliphatic rings. The number of sulfone groups is 1. The van der Waals surface area contributed by atoms with E-state index in [1.54, 1.807) is 0 Å². The molecule has 2 aromatic carbocycles. The van der Waals surface area contributed by atoms with Crippen molar-refractivity contribution in [3.63, 3.8) is 0 Å². The molecule has 2 aliphatic heterocycles. The third kappa shape index (κ3) is 5.31. The van der Waals surface area contributed by atoms with E-state index in [0.717, 1.165) is 36.7 Å². The maximum absolute atomic E-state index is 15.4. The van der Waals surface area contributed by atoms with Gasteiger partial charge in [-0.2, -0.15) is 36.5 Å². The summed E-state index contributed by atoms with van der Waals surface area (Å²) in [5.41, 5.74) is -4.24. The van der Waals surface area contributed by atoms with Crippen molar-refractivity contribution < 1.29 is 53.4 Å². The van der Waals surface area contributed by atoms with E-state index < -0.39 is 56.4 Å². The molecule has 1 atom stereocenters. The maximum Gasteiger partial charge on any atom is 0.435 e. The molecule has 0 radical (unpaired) electrons. The minimum atomic E-state index is -5.10. The fourth-order valence-electron chi connectivity index (χ4n) is 4.90. The molecule has 0 bridgehead atoms. The molecule has 0 saturated carbocycles. The number of methoxy groups -OCH3 is 1. The molecule has 4 heterocycles. The summed E-state index contributed by atoms with van der Waals surface area (Å²) in [4.78, 5) is -0.365. The summed E-state index contributed by atoms with van der Waals surface area (Å²) in [5, 5.41) is 10.0. The lowest BCUT2D eigenvalue weighted by Gasteiger charge is -2.36. The lowest BCUT2D eigenvalue weighted by molar-refractivity contribution is -0.142. The topological polar surface area (TPSA) is 110 Å². The molecule has 242 valence electrons. The van der Waals surface area contributed by atoms with Gasteiger partial charge in [-0.25, -0.2) is 22.2 Å². The van der Waals surface area contributed by atoms with Crippen LogP contribution in [0.5, 0.6) is 17.2 Å². The van der Waals surface area contributed by atoms with Gasteiger partial charge >= 0.3 is 12.4 Å². The van der Waals surface area contributed by atoms with E-state index in [1.807, 2.05) is 0 Å². The second kappa shape index (κ2) is 10.5. The normalized spacial score (nSPS) is 18.0. The number of nitrogens with one attached hydrogen (secondary N) is 1. The zero-order valence-electron chi connectivity index (χ0n) is 23.4. The maximum atomic E-state index is 15.4. The lowest BCUT2D eigenvalue weighted by atomic mass is 10.1. The Balaban J connectivity index is 1.68. The third-order valence-corrected chi connectivity index (χ3v) is 8.21. The van der Waals surface area contributed by atoms with Crippen LogP contribution in [-0.2, 0) is 28.0 Å². The molecule has 4 aromatic rings. The molecule has 0 aliphatic carbocycles. The number of nitrogens with zero attached hydrogens (tertiary/aromatic N) is 4. The van der Waals surface area contributed by atoms with Crippen molar-refractivity contribution >= 4 is 9.84 Å². The van der Waals surface area contributed by atoms with Crippen molar-refractivity contribution in [3.05, 3.63) is 89.0 Å². The van der Waals surface area contributed by atoms with Crippen LogP contribution in [0.1, 0.15) is 11.4 Å². The molecule has 0 saturated heterocycles. The van der Waals surface area contributed by atoms with E-state index in [9.17, 15) is 34.8 Å². The van der Waals surface area contributed by atoms with Gasteiger partial charge in [0.25, 0.3) is 0 Å². The van der Waals surface area contributed by atoms with Crippen LogP contribution in [0.15, 0.2) is 71.8 Å². The first kappa shape index (κ1) is 31.0. The third-order valence-electron chi connectivity index (χ3n) is 7.10. The molecule has 0 fully saturated rings. The van der Waals surface area contributed by atoms with E-state index in [2.05, 4.69) is 15.5 Å². The van der Waals surface area contributed by atoms with Crippen molar-refractivity contribution in [2.75, 3.05) is 20.2 Å². The summed E-state index contributed by atoms with van der Waals surface area (Å²) in [7, 11) is -2.69. The summed E-state index contributed by atoms with van der Waals surface area (Å²) in [6, 6.07) is 8.52. The highest BCUT2D eigenvalue weighted by Crippen LogP contribution is 2.42. The quantitative estimate of drug-likeness (QED) is 0.267. The van der Waals surface area contributed by atoms with Gasteiger partial charge in [-0.15, -0.1) is 0 Å². The fraction of sp³-hybridized carbons (Fsp3) is 0.214.